The summed E-state index contributed by atoms with van der Waals surface area (Å²) in [5, 5.41) is 6.04. The molecular weight excluding hydrogens is 657 g/mol. The monoisotopic (exact) mass is 685 g/mol. The number of nitrogens with one attached hydrogen (secondary N) is 2. The highest BCUT2D eigenvalue weighted by Crippen LogP contribution is 2.35. The number of fused-ring (bicyclic) bond motifs is 1. The van der Waals surface area contributed by atoms with Crippen LogP contribution in [0, 0.1) is 6.92 Å². The summed E-state index contributed by atoms with van der Waals surface area (Å²) in [4.78, 5) is 43.2. The second kappa shape index (κ2) is 14.5. The number of hydrogen-bond donors (Lipinski definition) is 2. The Bertz CT molecular complexity index is 1690. The zero-order chi connectivity index (χ0) is 31.1. The highest BCUT2D eigenvalue weighted by Gasteiger charge is 2.20. The van der Waals surface area contributed by atoms with Crippen LogP contribution < -0.4 is 20.3 Å². The Labute approximate surface area is 268 Å². The molecule has 43 heavy (non-hydrogen) atoms. The SMILES string of the molecule is CCCNC(=O)c1ccc(/C=C/C(=O)NCC(=O)N(C)c2ccc(Cl)c(COc3cccn4c(Br)c(C)nc34)c2Cl)cc1. The summed E-state index contributed by atoms with van der Waals surface area (Å²) in [7, 11) is 1.56. The van der Waals surface area contributed by atoms with Crippen molar-refractivity contribution in [1.29, 1.82) is 0 Å². The second-order valence-electron chi connectivity index (χ2n) is 9.58. The number of benzene rings is 2. The molecule has 0 aliphatic heterocycles. The van der Waals surface area contributed by atoms with E-state index in [0.717, 1.165) is 22.3 Å². The third-order valence-electron chi connectivity index (χ3n) is 6.54. The molecule has 12 heteroatoms. The topological polar surface area (TPSA) is 105 Å². The Hall–Kier alpha value is -3.86. The number of carbonyl (C=O) groups excluding carboxylic acids is 3. The molecule has 0 radical (unpaired) electrons. The van der Waals surface area contributed by atoms with Gasteiger partial charge in [-0.15, -0.1) is 0 Å². The molecule has 2 N–H and O–H groups in total. The van der Waals surface area contributed by atoms with Crippen molar-refractivity contribution >= 4 is 74.3 Å². The zero-order valence-electron chi connectivity index (χ0n) is 23.8. The highest BCUT2D eigenvalue weighted by molar-refractivity contribution is 9.10. The van der Waals surface area contributed by atoms with Crippen molar-refractivity contribution in [1.82, 2.24) is 20.0 Å². The molecular formula is C31H30BrCl2N5O4. The number of halogens is 3. The lowest BCUT2D eigenvalue weighted by Crippen LogP contribution is -2.37. The Morgan fingerprint density at radius 3 is 2.56 bits per heavy atom. The van der Waals surface area contributed by atoms with Crippen molar-refractivity contribution in [3.8, 4) is 5.75 Å². The molecule has 0 aliphatic rings. The Balaban J connectivity index is 1.36. The van der Waals surface area contributed by atoms with Gasteiger partial charge in [-0.2, -0.15) is 0 Å². The van der Waals surface area contributed by atoms with E-state index in [0.29, 0.717) is 39.8 Å². The lowest BCUT2D eigenvalue weighted by Gasteiger charge is -2.21. The minimum Gasteiger partial charge on any atom is -0.485 e. The van der Waals surface area contributed by atoms with Crippen molar-refractivity contribution in [2.75, 3.05) is 25.0 Å². The molecule has 0 atom stereocenters. The number of likely N-dealkylation sites (N-methyl/N-ethyl adjacent to an activating group) is 1. The first kappa shape index (κ1) is 32.1. The number of carbonyl (C=O) groups is 3. The molecule has 9 nitrogen and oxygen atoms in total. The fraction of sp³-hybridized carbons (Fsp3) is 0.226. The van der Waals surface area contributed by atoms with Gasteiger partial charge in [0.05, 0.1) is 22.9 Å². The first-order valence-corrected chi connectivity index (χ1v) is 15.0. The minimum absolute atomic E-state index is 0.0443. The lowest BCUT2D eigenvalue weighted by atomic mass is 10.1. The number of pyridine rings is 1. The van der Waals surface area contributed by atoms with Gasteiger partial charge in [0.15, 0.2) is 11.4 Å². The number of imidazole rings is 1. The molecule has 0 saturated heterocycles. The molecule has 0 aliphatic carbocycles. The van der Waals surface area contributed by atoms with Gasteiger partial charge >= 0.3 is 0 Å². The highest BCUT2D eigenvalue weighted by atomic mass is 79.9. The van der Waals surface area contributed by atoms with E-state index in [9.17, 15) is 14.4 Å². The summed E-state index contributed by atoms with van der Waals surface area (Å²) in [6.07, 6.45) is 5.65. The Morgan fingerprint density at radius 1 is 1.09 bits per heavy atom. The standard InChI is InChI=1S/C31H30BrCl2N5O4/c1-4-15-35-31(42)21-10-7-20(8-11-21)9-14-26(40)36-17-27(41)38(3)24-13-12-23(33)22(28(24)34)18-43-25-6-5-16-39-29(32)19(2)37-30(25)39/h5-14,16H,4,15,17-18H2,1-3H3,(H,35,42)(H,36,40)/b14-9+. The molecule has 0 unspecified atom stereocenters. The summed E-state index contributed by atoms with van der Waals surface area (Å²) in [6, 6.07) is 13.8. The Kier molecular flexibility index (Phi) is 10.8. The number of hydrogen-bond acceptors (Lipinski definition) is 5. The molecule has 224 valence electrons. The molecule has 0 saturated carbocycles. The Morgan fingerprint density at radius 2 is 1.84 bits per heavy atom. The lowest BCUT2D eigenvalue weighted by molar-refractivity contribution is -0.122. The van der Waals surface area contributed by atoms with Crippen LogP contribution in [0.5, 0.6) is 5.75 Å². The van der Waals surface area contributed by atoms with Crippen LogP contribution in [-0.4, -0.2) is 47.2 Å². The molecule has 0 bridgehead atoms. The summed E-state index contributed by atoms with van der Waals surface area (Å²) in [5.41, 5.74) is 3.65. The van der Waals surface area contributed by atoms with E-state index in [1.54, 1.807) is 55.6 Å². The summed E-state index contributed by atoms with van der Waals surface area (Å²) < 4.78 is 8.74. The first-order chi connectivity index (χ1) is 20.6. The van der Waals surface area contributed by atoms with E-state index in [1.807, 2.05) is 30.5 Å². The maximum absolute atomic E-state index is 12.9. The van der Waals surface area contributed by atoms with Gasteiger partial charge in [0.2, 0.25) is 11.8 Å². The average Bonchev–Trinajstić information content (AvgIpc) is 3.30. The predicted molar refractivity (Wildman–Crippen MR) is 173 cm³/mol. The van der Waals surface area contributed by atoms with Crippen molar-refractivity contribution in [2.24, 2.45) is 0 Å². The summed E-state index contributed by atoms with van der Waals surface area (Å²) in [5.74, 6) is -0.434. The molecule has 2 aromatic heterocycles. The number of ether oxygens (including phenoxy) is 1. The van der Waals surface area contributed by atoms with Crippen LogP contribution in [0.25, 0.3) is 11.7 Å². The molecule has 3 amide bonds. The van der Waals surface area contributed by atoms with Crippen LogP contribution in [0.3, 0.4) is 0 Å². The van der Waals surface area contributed by atoms with Gasteiger partial charge in [0, 0.05) is 42.0 Å². The molecule has 0 spiro atoms. The second-order valence-corrected chi connectivity index (χ2v) is 11.1. The fourth-order valence-corrected chi connectivity index (χ4v) is 5.08. The largest absolute Gasteiger partial charge is 0.485 e. The minimum atomic E-state index is -0.446. The van der Waals surface area contributed by atoms with Gasteiger partial charge in [-0.1, -0.05) is 42.3 Å². The van der Waals surface area contributed by atoms with Crippen molar-refractivity contribution in [3.63, 3.8) is 0 Å². The maximum atomic E-state index is 12.9. The van der Waals surface area contributed by atoms with Gasteiger partial charge in [0.25, 0.3) is 5.91 Å². The van der Waals surface area contributed by atoms with Crippen LogP contribution in [0.1, 0.15) is 40.5 Å². The first-order valence-electron chi connectivity index (χ1n) is 13.4. The molecule has 2 heterocycles. The van der Waals surface area contributed by atoms with Gasteiger partial charge in [-0.3, -0.25) is 18.8 Å². The average molecular weight is 687 g/mol. The van der Waals surface area contributed by atoms with E-state index in [4.69, 9.17) is 27.9 Å². The maximum Gasteiger partial charge on any atom is 0.251 e. The van der Waals surface area contributed by atoms with Gasteiger partial charge in [0.1, 0.15) is 11.2 Å². The van der Waals surface area contributed by atoms with Gasteiger partial charge in [-0.25, -0.2) is 4.98 Å². The van der Waals surface area contributed by atoms with E-state index in [1.165, 1.54) is 11.0 Å². The van der Waals surface area contributed by atoms with Crippen molar-refractivity contribution in [3.05, 3.63) is 97.8 Å². The van der Waals surface area contributed by atoms with Crippen LogP contribution >= 0.6 is 39.1 Å². The van der Waals surface area contributed by atoms with Crippen LogP contribution in [0.15, 0.2) is 65.4 Å². The smallest absolute Gasteiger partial charge is 0.251 e. The van der Waals surface area contributed by atoms with Crippen molar-refractivity contribution < 1.29 is 19.1 Å². The molecule has 2 aromatic carbocycles. The van der Waals surface area contributed by atoms with Gasteiger partial charge < -0.3 is 20.3 Å². The fourth-order valence-electron chi connectivity index (χ4n) is 4.10. The van der Waals surface area contributed by atoms with E-state index >= 15 is 0 Å². The number of anilines is 1. The molecule has 0 fully saturated rings. The number of rotatable bonds is 11. The van der Waals surface area contributed by atoms with Gasteiger partial charge in [-0.05, 0) is 77.3 Å². The van der Waals surface area contributed by atoms with Crippen LogP contribution in [-0.2, 0) is 16.2 Å². The normalized spacial score (nSPS) is 11.1. The summed E-state index contributed by atoms with van der Waals surface area (Å²) in [6.45, 7) is 4.27. The number of nitrogens with zero attached hydrogens (tertiary/aromatic N) is 3. The number of aromatic nitrogens is 2. The van der Waals surface area contributed by atoms with E-state index in [-0.39, 0.29) is 30.0 Å². The number of aryl methyl sites for hydroxylation is 1. The third-order valence-corrected chi connectivity index (χ3v) is 8.27. The van der Waals surface area contributed by atoms with E-state index < -0.39 is 5.91 Å². The van der Waals surface area contributed by atoms with Crippen LogP contribution in [0.2, 0.25) is 10.0 Å². The number of amides is 3. The van der Waals surface area contributed by atoms with Crippen molar-refractivity contribution in [2.45, 2.75) is 26.9 Å². The molecule has 4 aromatic rings. The van der Waals surface area contributed by atoms with E-state index in [2.05, 4.69) is 31.5 Å². The summed E-state index contributed by atoms with van der Waals surface area (Å²) >= 11 is 16.7. The van der Waals surface area contributed by atoms with Crippen LogP contribution in [0.4, 0.5) is 5.69 Å². The molecule has 4 rings (SSSR count). The quantitative estimate of drug-likeness (QED) is 0.182. The zero-order valence-corrected chi connectivity index (χ0v) is 26.9. The third kappa shape index (κ3) is 7.76. The predicted octanol–water partition coefficient (Wildman–Crippen LogP) is 6.22.